The Bertz CT molecular complexity index is 319. The van der Waals surface area contributed by atoms with Crippen molar-refractivity contribution in [3.63, 3.8) is 0 Å². The van der Waals surface area contributed by atoms with E-state index in [1.807, 2.05) is 0 Å². The highest BCUT2D eigenvalue weighted by molar-refractivity contribution is 5.73. The summed E-state index contributed by atoms with van der Waals surface area (Å²) in [5.41, 5.74) is 0. The van der Waals surface area contributed by atoms with Crippen molar-refractivity contribution in [2.75, 3.05) is 0 Å². The largest absolute Gasteiger partial charge is 0.508 e. The number of phenolic OH excluding ortho intramolecular Hbond substituents is 2. The second kappa shape index (κ2) is 3.80. The number of rotatable bonds is 2. The third kappa shape index (κ3) is 2.37. The molecule has 70 valence electrons. The van der Waals surface area contributed by atoms with Gasteiger partial charge >= 0.3 is 5.97 Å². The Hall–Kier alpha value is -1.71. The van der Waals surface area contributed by atoms with Crippen LogP contribution in [0.5, 0.6) is 17.2 Å². The van der Waals surface area contributed by atoms with Crippen molar-refractivity contribution in [2.24, 2.45) is 0 Å². The molecule has 0 spiro atoms. The molecule has 1 aromatic carbocycles. The molecular weight excluding hydrogens is 172 g/mol. The van der Waals surface area contributed by atoms with E-state index in [-0.39, 0.29) is 23.7 Å². The van der Waals surface area contributed by atoms with Crippen LogP contribution >= 0.6 is 0 Å². The van der Waals surface area contributed by atoms with E-state index in [4.69, 9.17) is 9.84 Å². The molecule has 0 radical (unpaired) electrons. The van der Waals surface area contributed by atoms with Crippen molar-refractivity contribution in [2.45, 2.75) is 13.3 Å². The summed E-state index contributed by atoms with van der Waals surface area (Å²) in [6, 6.07) is 3.75. The van der Waals surface area contributed by atoms with Gasteiger partial charge in [-0.2, -0.15) is 0 Å². The van der Waals surface area contributed by atoms with Crippen LogP contribution in [0.25, 0.3) is 0 Å². The topological polar surface area (TPSA) is 66.8 Å². The monoisotopic (exact) mass is 182 g/mol. The van der Waals surface area contributed by atoms with Gasteiger partial charge in [0.05, 0.1) is 0 Å². The predicted molar refractivity (Wildman–Crippen MR) is 45.7 cm³/mol. The first-order valence-electron chi connectivity index (χ1n) is 3.86. The van der Waals surface area contributed by atoms with E-state index in [0.717, 1.165) is 0 Å². The number of carbonyl (C=O) groups excluding carboxylic acids is 1. The van der Waals surface area contributed by atoms with Crippen LogP contribution in [0.2, 0.25) is 0 Å². The number of carbonyl (C=O) groups is 1. The Morgan fingerprint density at radius 3 is 2.77 bits per heavy atom. The lowest BCUT2D eigenvalue weighted by Crippen LogP contribution is -2.05. The zero-order chi connectivity index (χ0) is 9.84. The lowest BCUT2D eigenvalue weighted by molar-refractivity contribution is -0.134. The van der Waals surface area contributed by atoms with E-state index in [1.165, 1.54) is 18.2 Å². The van der Waals surface area contributed by atoms with Gasteiger partial charge in [-0.25, -0.2) is 0 Å². The summed E-state index contributed by atoms with van der Waals surface area (Å²) >= 11 is 0. The predicted octanol–water partition coefficient (Wildman–Crippen LogP) is 1.41. The van der Waals surface area contributed by atoms with Crippen LogP contribution in [0.3, 0.4) is 0 Å². The zero-order valence-electron chi connectivity index (χ0n) is 7.15. The SMILES string of the molecule is CCC(=O)Oc1cc(O)ccc1O. The summed E-state index contributed by atoms with van der Waals surface area (Å²) in [5, 5.41) is 18.2. The lowest BCUT2D eigenvalue weighted by Gasteiger charge is -2.04. The molecule has 0 aliphatic heterocycles. The quantitative estimate of drug-likeness (QED) is 0.412. The highest BCUT2D eigenvalue weighted by Crippen LogP contribution is 2.29. The Morgan fingerprint density at radius 2 is 2.15 bits per heavy atom. The van der Waals surface area contributed by atoms with Crippen LogP contribution in [0.1, 0.15) is 13.3 Å². The number of phenols is 2. The van der Waals surface area contributed by atoms with Crippen LogP contribution in [0.15, 0.2) is 18.2 Å². The van der Waals surface area contributed by atoms with E-state index in [0.29, 0.717) is 0 Å². The van der Waals surface area contributed by atoms with E-state index in [9.17, 15) is 9.90 Å². The van der Waals surface area contributed by atoms with Crippen LogP contribution < -0.4 is 4.74 Å². The van der Waals surface area contributed by atoms with Gasteiger partial charge in [-0.1, -0.05) is 6.92 Å². The second-order valence-corrected chi connectivity index (χ2v) is 2.48. The molecule has 13 heavy (non-hydrogen) atoms. The van der Waals surface area contributed by atoms with Gasteiger partial charge in [0.15, 0.2) is 11.5 Å². The molecule has 0 saturated heterocycles. The Morgan fingerprint density at radius 1 is 1.46 bits per heavy atom. The van der Waals surface area contributed by atoms with E-state index in [2.05, 4.69) is 0 Å². The van der Waals surface area contributed by atoms with E-state index in [1.54, 1.807) is 6.92 Å². The maximum Gasteiger partial charge on any atom is 0.311 e. The summed E-state index contributed by atoms with van der Waals surface area (Å²) in [6.45, 7) is 1.64. The number of hydrogen-bond donors (Lipinski definition) is 2. The first-order chi connectivity index (χ1) is 6.13. The molecule has 0 atom stereocenters. The molecule has 0 unspecified atom stereocenters. The standard InChI is InChI=1S/C9H10O4/c1-2-9(12)13-8-5-6(10)3-4-7(8)11/h3-5,10-11H,2H2,1H3. The molecule has 0 heterocycles. The summed E-state index contributed by atoms with van der Waals surface area (Å²) in [7, 11) is 0. The van der Waals surface area contributed by atoms with Gasteiger partial charge in [0.1, 0.15) is 5.75 Å². The fourth-order valence-corrected chi connectivity index (χ4v) is 0.779. The molecule has 0 bridgehead atoms. The first-order valence-corrected chi connectivity index (χ1v) is 3.86. The maximum absolute atomic E-state index is 10.8. The fraction of sp³-hybridized carbons (Fsp3) is 0.222. The average molecular weight is 182 g/mol. The zero-order valence-corrected chi connectivity index (χ0v) is 7.15. The van der Waals surface area contributed by atoms with Gasteiger partial charge in [-0.05, 0) is 12.1 Å². The van der Waals surface area contributed by atoms with E-state index < -0.39 is 5.97 Å². The van der Waals surface area contributed by atoms with Gasteiger partial charge in [-0.3, -0.25) is 4.79 Å². The highest BCUT2D eigenvalue weighted by atomic mass is 16.5. The molecule has 4 nitrogen and oxygen atoms in total. The molecule has 0 fully saturated rings. The third-order valence-corrected chi connectivity index (χ3v) is 1.46. The summed E-state index contributed by atoms with van der Waals surface area (Å²) < 4.78 is 4.73. The average Bonchev–Trinajstić information content (AvgIpc) is 2.11. The van der Waals surface area contributed by atoms with Crippen molar-refractivity contribution >= 4 is 5.97 Å². The Balaban J connectivity index is 2.87. The van der Waals surface area contributed by atoms with Gasteiger partial charge in [0, 0.05) is 12.5 Å². The van der Waals surface area contributed by atoms with Crippen LogP contribution in [-0.4, -0.2) is 16.2 Å². The molecule has 1 aromatic rings. The molecule has 0 aliphatic rings. The van der Waals surface area contributed by atoms with Crippen molar-refractivity contribution in [3.05, 3.63) is 18.2 Å². The summed E-state index contributed by atoms with van der Waals surface area (Å²) in [6.07, 6.45) is 0.217. The number of ether oxygens (including phenoxy) is 1. The minimum atomic E-state index is -0.457. The first kappa shape index (κ1) is 9.38. The van der Waals surface area contributed by atoms with Gasteiger partial charge in [0.2, 0.25) is 0 Å². The Kier molecular flexibility index (Phi) is 2.74. The summed E-state index contributed by atoms with van der Waals surface area (Å²) in [4.78, 5) is 10.8. The maximum atomic E-state index is 10.8. The van der Waals surface area contributed by atoms with Crippen molar-refractivity contribution in [1.29, 1.82) is 0 Å². The van der Waals surface area contributed by atoms with Crippen molar-refractivity contribution in [1.82, 2.24) is 0 Å². The van der Waals surface area contributed by atoms with Crippen LogP contribution in [0, 0.1) is 0 Å². The molecule has 0 aliphatic carbocycles. The molecule has 1 rings (SSSR count). The molecular formula is C9H10O4. The third-order valence-electron chi connectivity index (χ3n) is 1.46. The molecule has 0 aromatic heterocycles. The molecule has 0 amide bonds. The normalized spacial score (nSPS) is 9.62. The van der Waals surface area contributed by atoms with Crippen molar-refractivity contribution in [3.8, 4) is 17.2 Å². The number of aromatic hydroxyl groups is 2. The smallest absolute Gasteiger partial charge is 0.311 e. The fourth-order valence-electron chi connectivity index (χ4n) is 0.779. The molecule has 4 heteroatoms. The second-order valence-electron chi connectivity index (χ2n) is 2.48. The van der Waals surface area contributed by atoms with E-state index >= 15 is 0 Å². The van der Waals surface area contributed by atoms with Crippen LogP contribution in [-0.2, 0) is 4.79 Å². The minimum Gasteiger partial charge on any atom is -0.508 e. The number of hydrogen-bond acceptors (Lipinski definition) is 4. The number of benzene rings is 1. The Labute approximate surface area is 75.4 Å². The minimum absolute atomic E-state index is 0.0214. The highest BCUT2D eigenvalue weighted by Gasteiger charge is 2.07. The van der Waals surface area contributed by atoms with Gasteiger partial charge < -0.3 is 14.9 Å². The number of esters is 1. The van der Waals surface area contributed by atoms with Gasteiger partial charge in [0.25, 0.3) is 0 Å². The lowest BCUT2D eigenvalue weighted by atomic mass is 10.3. The molecule has 2 N–H and O–H groups in total. The van der Waals surface area contributed by atoms with Gasteiger partial charge in [-0.15, -0.1) is 0 Å². The van der Waals surface area contributed by atoms with Crippen LogP contribution in [0.4, 0.5) is 0 Å². The summed E-state index contributed by atoms with van der Waals surface area (Å²) in [5.74, 6) is -0.705. The molecule has 0 saturated carbocycles. The van der Waals surface area contributed by atoms with Crippen molar-refractivity contribution < 1.29 is 19.7 Å².